The van der Waals surface area contributed by atoms with Gasteiger partial charge in [-0.15, -0.1) is 11.8 Å². The van der Waals surface area contributed by atoms with Crippen molar-refractivity contribution in [3.05, 3.63) is 71.4 Å². The highest BCUT2D eigenvalue weighted by atomic mass is 32.2. The fourth-order valence-electron chi connectivity index (χ4n) is 2.75. The summed E-state index contributed by atoms with van der Waals surface area (Å²) in [4.78, 5) is 20.7. The number of nitrogens with one attached hydrogen (secondary N) is 1. The average Bonchev–Trinajstić information content (AvgIpc) is 3.09. The van der Waals surface area contributed by atoms with Gasteiger partial charge in [0.05, 0.1) is 11.4 Å². The number of benzene rings is 1. The first-order valence-electron chi connectivity index (χ1n) is 9.44. The van der Waals surface area contributed by atoms with E-state index < -0.39 is 0 Å². The van der Waals surface area contributed by atoms with Gasteiger partial charge in [0, 0.05) is 30.3 Å². The van der Waals surface area contributed by atoms with Crippen molar-refractivity contribution < 1.29 is 9.21 Å². The van der Waals surface area contributed by atoms with Crippen LogP contribution in [-0.2, 0) is 23.4 Å². The molecule has 146 valence electrons. The number of hydrogen-bond donors (Lipinski definition) is 1. The number of aromatic nitrogens is 2. The van der Waals surface area contributed by atoms with E-state index in [-0.39, 0.29) is 5.91 Å². The summed E-state index contributed by atoms with van der Waals surface area (Å²) in [5.41, 5.74) is 4.28. The van der Waals surface area contributed by atoms with Crippen molar-refractivity contribution in [1.82, 2.24) is 15.3 Å². The third-order valence-electron chi connectivity index (χ3n) is 4.43. The highest BCUT2D eigenvalue weighted by molar-refractivity contribution is 7.99. The van der Waals surface area contributed by atoms with Gasteiger partial charge in [0.2, 0.25) is 11.8 Å². The predicted molar refractivity (Wildman–Crippen MR) is 113 cm³/mol. The Bertz CT molecular complexity index is 892. The summed E-state index contributed by atoms with van der Waals surface area (Å²) >= 11 is 1.54. The largest absolute Gasteiger partial charge is 0.441 e. The Hall–Kier alpha value is -2.60. The zero-order chi connectivity index (χ0) is 19.8. The number of carbonyl (C=O) groups is 1. The van der Waals surface area contributed by atoms with Crippen molar-refractivity contribution in [2.75, 3.05) is 12.3 Å². The molecule has 0 aliphatic carbocycles. The predicted octanol–water partition coefficient (Wildman–Crippen LogP) is 4.20. The SMILES string of the molecule is CCc1ccc(-c2nc(CSCC(=O)NCCc3cccnc3)c(C)o2)cc1. The number of hydrogen-bond acceptors (Lipinski definition) is 5. The molecule has 1 aromatic carbocycles. The van der Waals surface area contributed by atoms with E-state index in [1.807, 2.05) is 37.4 Å². The van der Waals surface area contributed by atoms with Crippen molar-refractivity contribution >= 4 is 17.7 Å². The number of aryl methyl sites for hydroxylation is 2. The molecule has 0 fully saturated rings. The van der Waals surface area contributed by atoms with E-state index in [0.29, 0.717) is 23.9 Å². The number of pyridine rings is 1. The van der Waals surface area contributed by atoms with Gasteiger partial charge in [0.15, 0.2) is 0 Å². The Morgan fingerprint density at radius 3 is 2.71 bits per heavy atom. The number of oxazole rings is 1. The maximum atomic E-state index is 12.0. The molecule has 0 bridgehead atoms. The Balaban J connectivity index is 1.44. The quantitative estimate of drug-likeness (QED) is 0.588. The first-order chi connectivity index (χ1) is 13.7. The molecule has 0 atom stereocenters. The van der Waals surface area contributed by atoms with Crippen LogP contribution in [0.4, 0.5) is 0 Å². The van der Waals surface area contributed by atoms with E-state index in [9.17, 15) is 4.79 Å². The fraction of sp³-hybridized carbons (Fsp3) is 0.318. The van der Waals surface area contributed by atoms with Gasteiger partial charge in [-0.05, 0) is 49.1 Å². The molecule has 3 rings (SSSR count). The minimum atomic E-state index is 0.0328. The zero-order valence-corrected chi connectivity index (χ0v) is 17.1. The minimum absolute atomic E-state index is 0.0328. The second-order valence-corrected chi connectivity index (χ2v) is 7.51. The lowest BCUT2D eigenvalue weighted by Crippen LogP contribution is -2.27. The zero-order valence-electron chi connectivity index (χ0n) is 16.3. The molecule has 0 unspecified atom stereocenters. The maximum Gasteiger partial charge on any atom is 0.230 e. The highest BCUT2D eigenvalue weighted by Crippen LogP contribution is 2.24. The Labute approximate surface area is 170 Å². The molecular formula is C22H25N3O2S. The number of carbonyl (C=O) groups excluding carboxylic acids is 1. The molecular weight excluding hydrogens is 370 g/mol. The average molecular weight is 396 g/mol. The van der Waals surface area contributed by atoms with Crippen LogP contribution in [0.15, 0.2) is 53.2 Å². The van der Waals surface area contributed by atoms with Crippen molar-refractivity contribution in [1.29, 1.82) is 0 Å². The molecule has 0 aliphatic rings. The molecule has 6 heteroatoms. The molecule has 0 aliphatic heterocycles. The van der Waals surface area contributed by atoms with Crippen LogP contribution >= 0.6 is 11.8 Å². The van der Waals surface area contributed by atoms with Crippen molar-refractivity contribution in [2.24, 2.45) is 0 Å². The minimum Gasteiger partial charge on any atom is -0.441 e. The molecule has 2 heterocycles. The summed E-state index contributed by atoms with van der Waals surface area (Å²) in [6.45, 7) is 4.67. The van der Waals surface area contributed by atoms with Crippen molar-refractivity contribution in [2.45, 2.75) is 32.4 Å². The standard InChI is InChI=1S/C22H25N3O2S/c1-3-17-6-8-19(9-7-17)22-25-20(16(2)27-22)14-28-15-21(26)24-12-10-18-5-4-11-23-13-18/h4-9,11,13H,3,10,12,14-15H2,1-2H3,(H,24,26). The summed E-state index contributed by atoms with van der Waals surface area (Å²) in [7, 11) is 0. The van der Waals surface area contributed by atoms with E-state index in [0.717, 1.165) is 35.4 Å². The third kappa shape index (κ3) is 5.70. The fourth-order valence-corrected chi connectivity index (χ4v) is 3.60. The van der Waals surface area contributed by atoms with E-state index in [2.05, 4.69) is 34.3 Å². The van der Waals surface area contributed by atoms with Crippen molar-refractivity contribution in [3.8, 4) is 11.5 Å². The number of amides is 1. The molecule has 0 saturated carbocycles. The topological polar surface area (TPSA) is 68.0 Å². The first kappa shape index (κ1) is 20.1. The Morgan fingerprint density at radius 2 is 2.00 bits per heavy atom. The van der Waals surface area contributed by atoms with Crippen LogP contribution in [0, 0.1) is 6.92 Å². The van der Waals surface area contributed by atoms with Crippen LogP contribution in [0.5, 0.6) is 0 Å². The molecule has 0 spiro atoms. The molecule has 5 nitrogen and oxygen atoms in total. The van der Waals surface area contributed by atoms with Gasteiger partial charge in [-0.25, -0.2) is 4.98 Å². The highest BCUT2D eigenvalue weighted by Gasteiger charge is 2.12. The first-order valence-corrected chi connectivity index (χ1v) is 10.6. The summed E-state index contributed by atoms with van der Waals surface area (Å²) in [6.07, 6.45) is 5.36. The summed E-state index contributed by atoms with van der Waals surface area (Å²) in [5.74, 6) is 2.53. The van der Waals surface area contributed by atoms with E-state index >= 15 is 0 Å². The van der Waals surface area contributed by atoms with Gasteiger partial charge < -0.3 is 9.73 Å². The van der Waals surface area contributed by atoms with Gasteiger partial charge in [-0.2, -0.15) is 0 Å². The molecule has 1 amide bonds. The van der Waals surface area contributed by atoms with Gasteiger partial charge in [-0.3, -0.25) is 9.78 Å². The lowest BCUT2D eigenvalue weighted by Gasteiger charge is -2.04. The lowest BCUT2D eigenvalue weighted by molar-refractivity contribution is -0.118. The van der Waals surface area contributed by atoms with Crippen LogP contribution in [0.2, 0.25) is 0 Å². The smallest absolute Gasteiger partial charge is 0.230 e. The lowest BCUT2D eigenvalue weighted by atomic mass is 10.1. The van der Waals surface area contributed by atoms with Crippen molar-refractivity contribution in [3.63, 3.8) is 0 Å². The second kappa shape index (κ2) is 10.1. The molecule has 1 N–H and O–H groups in total. The molecule has 0 saturated heterocycles. The van der Waals surface area contributed by atoms with Crippen LogP contribution < -0.4 is 5.32 Å². The monoisotopic (exact) mass is 395 g/mol. The molecule has 2 aromatic heterocycles. The summed E-state index contributed by atoms with van der Waals surface area (Å²) < 4.78 is 5.81. The van der Waals surface area contributed by atoms with Gasteiger partial charge in [0.1, 0.15) is 5.76 Å². The van der Waals surface area contributed by atoms with Crippen LogP contribution in [-0.4, -0.2) is 28.2 Å². The number of thioether (sulfide) groups is 1. The normalized spacial score (nSPS) is 10.8. The molecule has 3 aromatic rings. The van der Waals surface area contributed by atoms with Crippen LogP contribution in [0.1, 0.15) is 29.5 Å². The third-order valence-corrected chi connectivity index (χ3v) is 5.38. The van der Waals surface area contributed by atoms with E-state index in [1.165, 1.54) is 5.56 Å². The second-order valence-electron chi connectivity index (χ2n) is 6.53. The van der Waals surface area contributed by atoms with E-state index in [4.69, 9.17) is 4.42 Å². The number of rotatable bonds is 9. The Morgan fingerprint density at radius 1 is 1.18 bits per heavy atom. The van der Waals surface area contributed by atoms with Gasteiger partial charge in [0.25, 0.3) is 0 Å². The summed E-state index contributed by atoms with van der Waals surface area (Å²) in [5, 5.41) is 2.94. The van der Waals surface area contributed by atoms with Gasteiger partial charge in [-0.1, -0.05) is 25.1 Å². The summed E-state index contributed by atoms with van der Waals surface area (Å²) in [6, 6.07) is 12.2. The maximum absolute atomic E-state index is 12.0. The molecule has 0 radical (unpaired) electrons. The number of nitrogens with zero attached hydrogens (tertiary/aromatic N) is 2. The Kier molecular flexibility index (Phi) is 7.25. The molecule has 28 heavy (non-hydrogen) atoms. The van der Waals surface area contributed by atoms with Crippen LogP contribution in [0.3, 0.4) is 0 Å². The van der Waals surface area contributed by atoms with Crippen LogP contribution in [0.25, 0.3) is 11.5 Å². The van der Waals surface area contributed by atoms with Gasteiger partial charge >= 0.3 is 0 Å². The van der Waals surface area contributed by atoms with E-state index in [1.54, 1.807) is 18.0 Å².